The van der Waals surface area contributed by atoms with Crippen LogP contribution in [0.25, 0.3) is 0 Å². The summed E-state index contributed by atoms with van der Waals surface area (Å²) in [4.78, 5) is 4.20. The van der Waals surface area contributed by atoms with Crippen LogP contribution in [0.15, 0.2) is 30.6 Å². The summed E-state index contributed by atoms with van der Waals surface area (Å²) in [6.45, 7) is 2.14. The van der Waals surface area contributed by atoms with E-state index in [2.05, 4.69) is 41.3 Å². The molecule has 18 heavy (non-hydrogen) atoms. The van der Waals surface area contributed by atoms with Gasteiger partial charge >= 0.3 is 0 Å². The first-order valence-electron chi connectivity index (χ1n) is 6.30. The Bertz CT molecular complexity index is 504. The van der Waals surface area contributed by atoms with Gasteiger partial charge in [0.2, 0.25) is 0 Å². The van der Waals surface area contributed by atoms with Crippen LogP contribution >= 0.6 is 0 Å². The van der Waals surface area contributed by atoms with Crippen molar-refractivity contribution >= 4 is 0 Å². The average molecular weight is 244 g/mol. The van der Waals surface area contributed by atoms with Crippen molar-refractivity contribution < 1.29 is 0 Å². The Balaban J connectivity index is 1.87. The van der Waals surface area contributed by atoms with Gasteiger partial charge in [-0.2, -0.15) is 5.10 Å². The van der Waals surface area contributed by atoms with Crippen LogP contribution in [-0.4, -0.2) is 20.8 Å². The van der Waals surface area contributed by atoms with Gasteiger partial charge in [-0.3, -0.25) is 4.68 Å². The van der Waals surface area contributed by atoms with Gasteiger partial charge in [-0.1, -0.05) is 24.3 Å². The van der Waals surface area contributed by atoms with Gasteiger partial charge in [0.05, 0.1) is 0 Å². The van der Waals surface area contributed by atoms with E-state index < -0.39 is 0 Å². The molecule has 2 aromatic rings. The van der Waals surface area contributed by atoms with E-state index in [4.69, 9.17) is 5.73 Å². The smallest absolute Gasteiger partial charge is 0.138 e. The Morgan fingerprint density at radius 1 is 1.33 bits per heavy atom. The molecule has 0 fully saturated rings. The van der Waals surface area contributed by atoms with Crippen molar-refractivity contribution in [2.75, 3.05) is 0 Å². The number of hydrogen-bond acceptors (Lipinski definition) is 3. The molecular formula is C14H20N4. The third-order valence-corrected chi connectivity index (χ3v) is 3.30. The fraction of sp³-hybridized carbons (Fsp3) is 0.429. The van der Waals surface area contributed by atoms with Crippen LogP contribution in [0.2, 0.25) is 0 Å². The molecule has 96 valence electrons. The summed E-state index contributed by atoms with van der Waals surface area (Å²) >= 11 is 0. The number of nitrogens with zero attached hydrogens (tertiary/aromatic N) is 3. The van der Waals surface area contributed by atoms with Gasteiger partial charge in [0.25, 0.3) is 0 Å². The topological polar surface area (TPSA) is 56.7 Å². The van der Waals surface area contributed by atoms with Crippen LogP contribution < -0.4 is 5.73 Å². The monoisotopic (exact) mass is 244 g/mol. The molecule has 0 spiro atoms. The summed E-state index contributed by atoms with van der Waals surface area (Å²) in [5.41, 5.74) is 8.87. The van der Waals surface area contributed by atoms with E-state index in [0.717, 1.165) is 25.1 Å². The highest BCUT2D eigenvalue weighted by Gasteiger charge is 2.09. The van der Waals surface area contributed by atoms with Crippen LogP contribution in [0.5, 0.6) is 0 Å². The zero-order valence-electron chi connectivity index (χ0n) is 11.0. The second kappa shape index (κ2) is 5.78. The van der Waals surface area contributed by atoms with E-state index in [-0.39, 0.29) is 6.04 Å². The summed E-state index contributed by atoms with van der Waals surface area (Å²) in [7, 11) is 1.90. The lowest BCUT2D eigenvalue weighted by atomic mass is 10.00. The predicted molar refractivity (Wildman–Crippen MR) is 72.2 cm³/mol. The average Bonchev–Trinajstić information content (AvgIpc) is 2.74. The number of rotatable bonds is 5. The molecule has 0 amide bonds. The molecule has 2 rings (SSSR count). The van der Waals surface area contributed by atoms with E-state index in [0.29, 0.717) is 0 Å². The highest BCUT2D eigenvalue weighted by atomic mass is 15.3. The SMILES string of the molecule is Cc1ccccc1CCC(N)Cc1ncnn1C. The van der Waals surface area contributed by atoms with Crippen molar-refractivity contribution in [3.05, 3.63) is 47.5 Å². The van der Waals surface area contributed by atoms with Crippen molar-refractivity contribution in [3.63, 3.8) is 0 Å². The first-order chi connectivity index (χ1) is 8.66. The van der Waals surface area contributed by atoms with E-state index >= 15 is 0 Å². The maximum atomic E-state index is 6.15. The van der Waals surface area contributed by atoms with E-state index in [1.165, 1.54) is 11.1 Å². The van der Waals surface area contributed by atoms with Crippen molar-refractivity contribution in [1.29, 1.82) is 0 Å². The molecule has 1 heterocycles. The van der Waals surface area contributed by atoms with Crippen molar-refractivity contribution in [3.8, 4) is 0 Å². The summed E-state index contributed by atoms with van der Waals surface area (Å²) in [5.74, 6) is 0.951. The fourth-order valence-corrected chi connectivity index (χ4v) is 2.07. The van der Waals surface area contributed by atoms with Crippen molar-refractivity contribution in [2.45, 2.75) is 32.2 Å². The van der Waals surface area contributed by atoms with Gasteiger partial charge in [-0.05, 0) is 30.9 Å². The third kappa shape index (κ3) is 3.17. The molecule has 0 aliphatic rings. The molecule has 4 nitrogen and oxygen atoms in total. The van der Waals surface area contributed by atoms with Crippen molar-refractivity contribution in [2.24, 2.45) is 12.8 Å². The maximum Gasteiger partial charge on any atom is 0.138 e. The largest absolute Gasteiger partial charge is 0.327 e. The number of benzene rings is 1. The second-order valence-corrected chi connectivity index (χ2v) is 4.73. The standard InChI is InChI=1S/C14H20N4/c1-11-5-3-4-6-12(11)7-8-13(15)9-14-16-10-17-18(14)2/h3-6,10,13H,7-9,15H2,1-2H3. The summed E-state index contributed by atoms with van der Waals surface area (Å²) in [6, 6.07) is 8.59. The van der Waals surface area contributed by atoms with E-state index in [1.807, 2.05) is 7.05 Å². The maximum absolute atomic E-state index is 6.15. The minimum atomic E-state index is 0.132. The lowest BCUT2D eigenvalue weighted by molar-refractivity contribution is 0.569. The lowest BCUT2D eigenvalue weighted by Gasteiger charge is -2.12. The normalized spacial score (nSPS) is 12.6. The highest BCUT2D eigenvalue weighted by molar-refractivity contribution is 5.25. The Hall–Kier alpha value is -1.68. The van der Waals surface area contributed by atoms with Crippen molar-refractivity contribution in [1.82, 2.24) is 14.8 Å². The number of aryl methyl sites for hydroxylation is 3. The zero-order chi connectivity index (χ0) is 13.0. The quantitative estimate of drug-likeness (QED) is 0.869. The van der Waals surface area contributed by atoms with Gasteiger partial charge in [0.15, 0.2) is 0 Å². The minimum Gasteiger partial charge on any atom is -0.327 e. The van der Waals surface area contributed by atoms with Crippen LogP contribution in [0.4, 0.5) is 0 Å². The molecular weight excluding hydrogens is 224 g/mol. The zero-order valence-corrected chi connectivity index (χ0v) is 11.0. The van der Waals surface area contributed by atoms with Gasteiger partial charge in [0, 0.05) is 19.5 Å². The van der Waals surface area contributed by atoms with E-state index in [1.54, 1.807) is 11.0 Å². The van der Waals surface area contributed by atoms with Crippen LogP contribution in [-0.2, 0) is 19.9 Å². The van der Waals surface area contributed by atoms with E-state index in [9.17, 15) is 0 Å². The molecule has 0 saturated heterocycles. The molecule has 0 saturated carbocycles. The first kappa shape index (κ1) is 12.8. The molecule has 1 aromatic carbocycles. The molecule has 0 aliphatic carbocycles. The Labute approximate surface area is 108 Å². The molecule has 2 N–H and O–H groups in total. The van der Waals surface area contributed by atoms with Gasteiger partial charge in [-0.25, -0.2) is 4.98 Å². The molecule has 0 bridgehead atoms. The van der Waals surface area contributed by atoms with Crippen LogP contribution in [0.3, 0.4) is 0 Å². The summed E-state index contributed by atoms with van der Waals surface area (Å²) < 4.78 is 1.79. The third-order valence-electron chi connectivity index (χ3n) is 3.30. The number of aromatic nitrogens is 3. The predicted octanol–water partition coefficient (Wildman–Crippen LogP) is 1.63. The molecule has 1 aromatic heterocycles. The molecule has 1 atom stereocenters. The Morgan fingerprint density at radius 3 is 2.78 bits per heavy atom. The van der Waals surface area contributed by atoms with Gasteiger partial charge in [-0.15, -0.1) is 0 Å². The second-order valence-electron chi connectivity index (χ2n) is 4.73. The highest BCUT2D eigenvalue weighted by Crippen LogP contribution is 2.11. The molecule has 0 aliphatic heterocycles. The number of nitrogens with two attached hydrogens (primary N) is 1. The van der Waals surface area contributed by atoms with Crippen LogP contribution in [0.1, 0.15) is 23.4 Å². The number of hydrogen-bond donors (Lipinski definition) is 1. The molecule has 0 radical (unpaired) electrons. The minimum absolute atomic E-state index is 0.132. The Kier molecular flexibility index (Phi) is 4.10. The molecule has 1 unspecified atom stereocenters. The van der Waals surface area contributed by atoms with Gasteiger partial charge < -0.3 is 5.73 Å². The summed E-state index contributed by atoms with van der Waals surface area (Å²) in [6.07, 6.45) is 4.34. The summed E-state index contributed by atoms with van der Waals surface area (Å²) in [5, 5.41) is 4.05. The Morgan fingerprint density at radius 2 is 2.11 bits per heavy atom. The lowest BCUT2D eigenvalue weighted by Crippen LogP contribution is -2.25. The first-order valence-corrected chi connectivity index (χ1v) is 6.30. The molecule has 4 heteroatoms. The fourth-order valence-electron chi connectivity index (χ4n) is 2.07. The van der Waals surface area contributed by atoms with Gasteiger partial charge in [0.1, 0.15) is 12.2 Å². The van der Waals surface area contributed by atoms with Crippen LogP contribution in [0, 0.1) is 6.92 Å².